The fourth-order valence-electron chi connectivity index (χ4n) is 0.215. The Balaban J connectivity index is 2.00. The number of hydrogen-bond acceptors (Lipinski definition) is 2. The van der Waals surface area contributed by atoms with Gasteiger partial charge in [-0.25, -0.2) is 0 Å². The first kappa shape index (κ1) is 3.50. The van der Waals surface area contributed by atoms with Crippen LogP contribution in [0.25, 0.3) is 0 Å². The van der Waals surface area contributed by atoms with E-state index in [1.165, 1.54) is 6.54 Å². The maximum Gasteiger partial charge on any atom is 0.0657 e. The number of rotatable bonds is 1. The molecule has 1 atom stereocenters. The quantitative estimate of drug-likeness (QED) is 0.466. The fraction of sp³-hybridized carbons (Fsp3) is 1.00. The lowest BCUT2D eigenvalue weighted by atomic mass is 11.0. The zero-order valence-corrected chi connectivity index (χ0v) is 4.01. The van der Waals surface area contributed by atoms with Gasteiger partial charge in [-0.05, 0) is 6.26 Å². The highest BCUT2D eigenvalue weighted by Gasteiger charge is 2.16. The van der Waals surface area contributed by atoms with Crippen LogP contribution in [0.3, 0.4) is 0 Å². The van der Waals surface area contributed by atoms with Gasteiger partial charge in [0.15, 0.2) is 0 Å². The van der Waals surface area contributed by atoms with Gasteiger partial charge in [-0.2, -0.15) is 0 Å². The first-order valence-electron chi connectivity index (χ1n) is 1.69. The average Bonchev–Trinajstić information content (AvgIpc) is 2.12. The van der Waals surface area contributed by atoms with Crippen LogP contribution < -0.4 is 5.32 Å². The first-order chi connectivity index (χ1) is 2.43. The van der Waals surface area contributed by atoms with Gasteiger partial charge in [0.1, 0.15) is 0 Å². The number of thioether (sulfide) groups is 1. The average molecular weight is 89.2 g/mol. The highest BCUT2D eigenvalue weighted by atomic mass is 32.2. The second kappa shape index (κ2) is 1.19. The Labute approximate surface area is 36.1 Å². The van der Waals surface area contributed by atoms with E-state index in [1.807, 2.05) is 11.8 Å². The summed E-state index contributed by atoms with van der Waals surface area (Å²) in [6.07, 6.45) is 2.12. The molecule has 30 valence electrons. The number of hydrogen-bond donors (Lipinski definition) is 1. The molecule has 0 spiro atoms. The molecule has 0 aromatic rings. The largest absolute Gasteiger partial charge is 0.302 e. The third-order valence-electron chi connectivity index (χ3n) is 0.655. The van der Waals surface area contributed by atoms with Crippen LogP contribution in [0.4, 0.5) is 0 Å². The van der Waals surface area contributed by atoms with Gasteiger partial charge < -0.3 is 5.32 Å². The van der Waals surface area contributed by atoms with Crippen molar-refractivity contribution in [3.63, 3.8) is 0 Å². The molecule has 2 heteroatoms. The predicted molar refractivity (Wildman–Crippen MR) is 25.3 cm³/mol. The Morgan fingerprint density at radius 1 is 2.00 bits per heavy atom. The summed E-state index contributed by atoms with van der Waals surface area (Å²) < 4.78 is 0. The molecule has 5 heavy (non-hydrogen) atoms. The van der Waals surface area contributed by atoms with Gasteiger partial charge in [0.2, 0.25) is 0 Å². The summed E-state index contributed by atoms with van der Waals surface area (Å²) in [5, 5.41) is 3.95. The molecule has 1 aliphatic rings. The van der Waals surface area contributed by atoms with Crippen LogP contribution in [-0.4, -0.2) is 18.2 Å². The van der Waals surface area contributed by atoms with Crippen LogP contribution in [0, 0.1) is 0 Å². The van der Waals surface area contributed by atoms with Crippen LogP contribution in [0.5, 0.6) is 0 Å². The topological polar surface area (TPSA) is 21.9 Å². The van der Waals surface area contributed by atoms with Crippen molar-refractivity contribution in [1.82, 2.24) is 5.32 Å². The predicted octanol–water partition coefficient (Wildman–Crippen LogP) is 0.279. The second-order valence-corrected chi connectivity index (χ2v) is 2.17. The lowest BCUT2D eigenvalue weighted by molar-refractivity contribution is 1.31. The molecule has 1 nitrogen and oxygen atoms in total. The van der Waals surface area contributed by atoms with Crippen molar-refractivity contribution in [2.24, 2.45) is 0 Å². The van der Waals surface area contributed by atoms with E-state index < -0.39 is 0 Å². The van der Waals surface area contributed by atoms with Crippen molar-refractivity contribution < 1.29 is 0 Å². The molecule has 1 unspecified atom stereocenters. The summed E-state index contributed by atoms with van der Waals surface area (Å²) in [4.78, 5) is 0. The Hall–Kier alpha value is 0.310. The minimum absolute atomic E-state index is 0.801. The standard InChI is InChI=1S/C3H7NS/c1-5-3-2-4-3/h3-4H,2H2,1H3. The van der Waals surface area contributed by atoms with Gasteiger partial charge in [-0.3, -0.25) is 0 Å². The molecule has 0 radical (unpaired) electrons. The summed E-state index contributed by atoms with van der Waals surface area (Å²) in [6, 6.07) is 0. The van der Waals surface area contributed by atoms with Crippen molar-refractivity contribution in [3.8, 4) is 0 Å². The van der Waals surface area contributed by atoms with Crippen LogP contribution in [0.2, 0.25) is 0 Å². The number of nitrogens with one attached hydrogen (secondary N) is 1. The van der Waals surface area contributed by atoms with Crippen LogP contribution in [-0.2, 0) is 0 Å². The molecule has 0 aromatic carbocycles. The lowest BCUT2D eigenvalue weighted by Gasteiger charge is -1.73. The van der Waals surface area contributed by atoms with Crippen molar-refractivity contribution in [1.29, 1.82) is 0 Å². The molecule has 0 bridgehead atoms. The van der Waals surface area contributed by atoms with E-state index in [1.54, 1.807) is 0 Å². The van der Waals surface area contributed by atoms with Crippen molar-refractivity contribution >= 4 is 11.8 Å². The van der Waals surface area contributed by atoms with Crippen molar-refractivity contribution in [2.75, 3.05) is 12.8 Å². The molecule has 1 saturated heterocycles. The Bertz CT molecular complexity index is 33.9. The molecule has 0 amide bonds. The molecular weight excluding hydrogens is 82.1 g/mol. The van der Waals surface area contributed by atoms with Crippen molar-refractivity contribution in [3.05, 3.63) is 0 Å². The zero-order chi connectivity index (χ0) is 3.70. The second-order valence-electron chi connectivity index (χ2n) is 1.13. The highest BCUT2D eigenvalue weighted by molar-refractivity contribution is 7.99. The summed E-state index contributed by atoms with van der Waals surface area (Å²) in [5.74, 6) is 0. The molecule has 0 saturated carbocycles. The molecule has 1 N–H and O–H groups in total. The summed E-state index contributed by atoms with van der Waals surface area (Å²) in [5.41, 5.74) is 0. The molecule has 1 rings (SSSR count). The van der Waals surface area contributed by atoms with Gasteiger partial charge in [0.25, 0.3) is 0 Å². The van der Waals surface area contributed by atoms with Crippen LogP contribution >= 0.6 is 11.8 Å². The Morgan fingerprint density at radius 2 is 2.60 bits per heavy atom. The molecule has 0 aliphatic carbocycles. The minimum Gasteiger partial charge on any atom is -0.302 e. The monoisotopic (exact) mass is 89.0 g/mol. The third-order valence-corrected chi connectivity index (χ3v) is 1.56. The normalized spacial score (nSPS) is 34.2. The van der Waals surface area contributed by atoms with E-state index in [9.17, 15) is 0 Å². The van der Waals surface area contributed by atoms with E-state index in [-0.39, 0.29) is 0 Å². The summed E-state index contributed by atoms with van der Waals surface area (Å²) >= 11 is 1.88. The third kappa shape index (κ3) is 0.816. The van der Waals surface area contributed by atoms with Gasteiger partial charge >= 0.3 is 0 Å². The molecular formula is C3H7NS. The maximum atomic E-state index is 3.15. The van der Waals surface area contributed by atoms with Gasteiger partial charge in [-0.15, -0.1) is 11.8 Å². The van der Waals surface area contributed by atoms with E-state index in [0.717, 1.165) is 5.37 Å². The fourth-order valence-corrected chi connectivity index (χ4v) is 0.644. The maximum absolute atomic E-state index is 3.15. The van der Waals surface area contributed by atoms with Gasteiger partial charge in [0.05, 0.1) is 5.37 Å². The smallest absolute Gasteiger partial charge is 0.0657 e. The Kier molecular flexibility index (Phi) is 0.830. The minimum atomic E-state index is 0.801. The van der Waals surface area contributed by atoms with Crippen LogP contribution in [0.15, 0.2) is 0 Å². The van der Waals surface area contributed by atoms with E-state index in [0.29, 0.717) is 0 Å². The van der Waals surface area contributed by atoms with Crippen LogP contribution in [0.1, 0.15) is 0 Å². The van der Waals surface area contributed by atoms with Crippen molar-refractivity contribution in [2.45, 2.75) is 5.37 Å². The van der Waals surface area contributed by atoms with E-state index >= 15 is 0 Å². The van der Waals surface area contributed by atoms with E-state index in [2.05, 4.69) is 11.6 Å². The highest BCUT2D eigenvalue weighted by Crippen LogP contribution is 2.09. The zero-order valence-electron chi connectivity index (χ0n) is 3.19. The van der Waals surface area contributed by atoms with Gasteiger partial charge in [-0.1, -0.05) is 0 Å². The molecule has 1 heterocycles. The summed E-state index contributed by atoms with van der Waals surface area (Å²) in [7, 11) is 0. The first-order valence-corrected chi connectivity index (χ1v) is 2.98. The Morgan fingerprint density at radius 3 is 2.60 bits per heavy atom. The summed E-state index contributed by atoms with van der Waals surface area (Å²) in [6.45, 7) is 1.22. The SMILES string of the molecule is CSC1CN1. The molecule has 1 fully saturated rings. The molecule has 1 aliphatic heterocycles. The molecule has 0 aromatic heterocycles. The lowest BCUT2D eigenvalue weighted by Crippen LogP contribution is -1.75. The van der Waals surface area contributed by atoms with E-state index in [4.69, 9.17) is 0 Å². The van der Waals surface area contributed by atoms with Gasteiger partial charge in [0, 0.05) is 6.54 Å².